The molecule has 6 atom stereocenters. The predicted octanol–water partition coefficient (Wildman–Crippen LogP) is 0.745. The number of aliphatic hydroxyl groups excluding tert-OH is 1. The maximum atomic E-state index is 12.3. The summed E-state index contributed by atoms with van der Waals surface area (Å²) >= 11 is 0. The summed E-state index contributed by atoms with van der Waals surface area (Å²) in [6, 6.07) is -0.777. The molecular weight excluding hydrogens is 310 g/mol. The van der Waals surface area contributed by atoms with Gasteiger partial charge in [0.15, 0.2) is 5.34 Å². The fourth-order valence-electron chi connectivity index (χ4n) is 2.36. The molecule has 0 saturated carbocycles. The van der Waals surface area contributed by atoms with Gasteiger partial charge in [0, 0.05) is 19.5 Å². The molecule has 1 saturated heterocycles. The Labute approximate surface area is 132 Å². The van der Waals surface area contributed by atoms with Crippen LogP contribution in [-0.4, -0.2) is 65.3 Å². The van der Waals surface area contributed by atoms with Gasteiger partial charge in [-0.15, -0.1) is 0 Å². The van der Waals surface area contributed by atoms with E-state index >= 15 is 0 Å². The third kappa shape index (κ3) is 4.32. The van der Waals surface area contributed by atoms with Gasteiger partial charge >= 0.3 is 7.60 Å². The van der Waals surface area contributed by atoms with Crippen LogP contribution in [0.1, 0.15) is 40.5 Å². The van der Waals surface area contributed by atoms with E-state index in [1.807, 2.05) is 0 Å². The lowest BCUT2D eigenvalue weighted by molar-refractivity contribution is -0.0377. The summed E-state index contributed by atoms with van der Waals surface area (Å²) in [5.74, 6) is 0. The number of hydrogen-bond donors (Lipinski definition) is 3. The summed E-state index contributed by atoms with van der Waals surface area (Å²) in [6.07, 6.45) is -2.14. The van der Waals surface area contributed by atoms with Crippen LogP contribution in [0.3, 0.4) is 0 Å². The van der Waals surface area contributed by atoms with Gasteiger partial charge < -0.3 is 29.1 Å². The molecule has 1 rings (SSSR count). The SMILES string of the molecule is [B][C@@H]1O[C@H](CC(C)(C)OP(=O)(O)C(C)(O)CC)[C@@H](O)[C@H]1OC. The molecule has 1 aliphatic heterocycles. The van der Waals surface area contributed by atoms with Crippen LogP contribution in [-0.2, 0) is 18.6 Å². The van der Waals surface area contributed by atoms with Crippen LogP contribution in [0.25, 0.3) is 0 Å². The Balaban J connectivity index is 2.78. The second-order valence-electron chi connectivity index (χ2n) is 6.48. The molecule has 7 nitrogen and oxygen atoms in total. The highest BCUT2D eigenvalue weighted by Crippen LogP contribution is 2.58. The van der Waals surface area contributed by atoms with Crippen LogP contribution in [0.4, 0.5) is 0 Å². The Hall–Kier alpha value is 0.0549. The minimum atomic E-state index is -4.28. The first kappa shape index (κ1) is 20.1. The van der Waals surface area contributed by atoms with Crippen LogP contribution >= 0.6 is 7.60 Å². The minimum absolute atomic E-state index is 0.0655. The molecule has 22 heavy (non-hydrogen) atoms. The summed E-state index contributed by atoms with van der Waals surface area (Å²) in [5, 5.41) is 18.3. The summed E-state index contributed by atoms with van der Waals surface area (Å²) in [5.41, 5.74) is -1.11. The standard InChI is InChI=1S/C13H26BO7P/c1-6-13(4,16)22(17,18)21-12(2,3)7-8-9(15)10(19-5)11(14)20-8/h8-11,15-16H,6-7H2,1-5H3,(H,17,18)/t8-,9-,10-,11-,13?/m1/s1. The lowest BCUT2D eigenvalue weighted by Crippen LogP contribution is -2.39. The largest absolute Gasteiger partial charge is 0.388 e. The first-order valence-electron chi connectivity index (χ1n) is 7.25. The molecule has 2 radical (unpaired) electrons. The molecule has 2 unspecified atom stereocenters. The smallest absolute Gasteiger partial charge is 0.359 e. The van der Waals surface area contributed by atoms with Crippen molar-refractivity contribution in [3.05, 3.63) is 0 Å². The van der Waals surface area contributed by atoms with Crippen LogP contribution in [0, 0.1) is 0 Å². The summed E-state index contributed by atoms with van der Waals surface area (Å²) in [4.78, 5) is 10.00. The Kier molecular flexibility index (Phi) is 6.30. The van der Waals surface area contributed by atoms with E-state index in [0.717, 1.165) is 0 Å². The molecule has 0 aromatic carbocycles. The topological polar surface area (TPSA) is 105 Å². The van der Waals surface area contributed by atoms with E-state index < -0.39 is 42.9 Å². The zero-order chi connectivity index (χ0) is 17.3. The molecule has 0 aliphatic carbocycles. The molecule has 1 fully saturated rings. The fraction of sp³-hybridized carbons (Fsp3) is 1.00. The minimum Gasteiger partial charge on any atom is -0.388 e. The van der Waals surface area contributed by atoms with Gasteiger partial charge in [-0.25, -0.2) is 0 Å². The highest BCUT2D eigenvalue weighted by atomic mass is 31.2. The van der Waals surface area contributed by atoms with E-state index in [2.05, 4.69) is 0 Å². The molecule has 0 aromatic heterocycles. The van der Waals surface area contributed by atoms with Gasteiger partial charge in [-0.2, -0.15) is 0 Å². The van der Waals surface area contributed by atoms with Gasteiger partial charge in [0.1, 0.15) is 20.1 Å². The van der Waals surface area contributed by atoms with Gasteiger partial charge in [0.2, 0.25) is 0 Å². The summed E-state index contributed by atoms with van der Waals surface area (Å²) < 4.78 is 28.0. The van der Waals surface area contributed by atoms with Crippen LogP contribution in [0.15, 0.2) is 0 Å². The quantitative estimate of drug-likeness (QED) is 0.465. The molecule has 1 heterocycles. The third-order valence-electron chi connectivity index (χ3n) is 3.99. The molecule has 0 bridgehead atoms. The predicted molar refractivity (Wildman–Crippen MR) is 81.7 cm³/mol. The van der Waals surface area contributed by atoms with Crippen molar-refractivity contribution in [1.82, 2.24) is 0 Å². The summed E-state index contributed by atoms with van der Waals surface area (Å²) in [7, 11) is 2.86. The van der Waals surface area contributed by atoms with Crippen molar-refractivity contribution >= 4 is 15.4 Å². The molecule has 3 N–H and O–H groups in total. The first-order chi connectivity index (χ1) is 9.87. The Morgan fingerprint density at radius 1 is 1.36 bits per heavy atom. The molecule has 128 valence electrons. The van der Waals surface area contributed by atoms with E-state index in [1.54, 1.807) is 20.8 Å². The zero-order valence-electron chi connectivity index (χ0n) is 13.7. The molecule has 0 amide bonds. The van der Waals surface area contributed by atoms with Crippen molar-refractivity contribution in [1.29, 1.82) is 0 Å². The highest BCUT2D eigenvalue weighted by Gasteiger charge is 2.48. The van der Waals surface area contributed by atoms with Crippen molar-refractivity contribution < 1.29 is 33.7 Å². The van der Waals surface area contributed by atoms with Gasteiger partial charge in [-0.05, 0) is 27.2 Å². The maximum Gasteiger partial charge on any atom is 0.359 e. The van der Waals surface area contributed by atoms with Crippen molar-refractivity contribution in [2.24, 2.45) is 0 Å². The van der Waals surface area contributed by atoms with E-state index in [4.69, 9.17) is 21.8 Å². The molecular formula is C13H26BO7P. The lowest BCUT2D eigenvalue weighted by atomic mass is 9.91. The van der Waals surface area contributed by atoms with Crippen LogP contribution in [0.5, 0.6) is 0 Å². The van der Waals surface area contributed by atoms with Crippen molar-refractivity contribution in [2.75, 3.05) is 7.11 Å². The van der Waals surface area contributed by atoms with Crippen molar-refractivity contribution in [3.8, 4) is 0 Å². The fourth-order valence-corrected chi connectivity index (χ4v) is 3.70. The number of rotatable bonds is 7. The third-order valence-corrected chi connectivity index (χ3v) is 6.26. The average Bonchev–Trinajstić information content (AvgIpc) is 2.61. The number of hydrogen-bond acceptors (Lipinski definition) is 6. The molecule has 9 heteroatoms. The molecule has 1 aliphatic rings. The van der Waals surface area contributed by atoms with Gasteiger partial charge in [-0.1, -0.05) is 6.92 Å². The molecule has 0 aromatic rings. The van der Waals surface area contributed by atoms with Crippen LogP contribution < -0.4 is 0 Å². The van der Waals surface area contributed by atoms with Crippen molar-refractivity contribution in [2.45, 2.75) is 75.8 Å². The van der Waals surface area contributed by atoms with Gasteiger partial charge in [0.05, 0.1) is 11.7 Å². The Morgan fingerprint density at radius 3 is 2.32 bits per heavy atom. The van der Waals surface area contributed by atoms with Crippen molar-refractivity contribution in [3.63, 3.8) is 0 Å². The second-order valence-corrected chi connectivity index (χ2v) is 8.66. The average molecular weight is 336 g/mol. The number of aliphatic hydroxyl groups is 2. The number of ether oxygens (including phenoxy) is 2. The monoisotopic (exact) mass is 336 g/mol. The van der Waals surface area contributed by atoms with E-state index in [9.17, 15) is 19.7 Å². The van der Waals surface area contributed by atoms with Gasteiger partial charge in [-0.3, -0.25) is 4.57 Å². The number of methoxy groups -OCH3 is 1. The van der Waals surface area contributed by atoms with E-state index in [0.29, 0.717) is 0 Å². The zero-order valence-corrected chi connectivity index (χ0v) is 14.6. The summed E-state index contributed by atoms with van der Waals surface area (Å²) in [6.45, 7) is 6.01. The normalized spacial score (nSPS) is 35.1. The van der Waals surface area contributed by atoms with E-state index in [1.165, 1.54) is 14.0 Å². The van der Waals surface area contributed by atoms with Gasteiger partial charge in [0.25, 0.3) is 0 Å². The second kappa shape index (κ2) is 6.89. The Morgan fingerprint density at radius 2 is 1.91 bits per heavy atom. The maximum absolute atomic E-state index is 12.3. The lowest BCUT2D eigenvalue weighted by Gasteiger charge is -2.35. The van der Waals surface area contributed by atoms with E-state index in [-0.39, 0.29) is 12.8 Å². The highest BCUT2D eigenvalue weighted by molar-refractivity contribution is 7.54. The Bertz CT molecular complexity index is 429. The molecule has 0 spiro atoms. The van der Waals surface area contributed by atoms with Crippen LogP contribution in [0.2, 0.25) is 0 Å². The first-order valence-corrected chi connectivity index (χ1v) is 8.82.